The first-order chi connectivity index (χ1) is 16.3. The monoisotopic (exact) mass is 504 g/mol. The lowest BCUT2D eigenvalue weighted by Crippen LogP contribution is -2.33. The van der Waals surface area contributed by atoms with Gasteiger partial charge in [-0.25, -0.2) is 13.1 Å². The van der Waals surface area contributed by atoms with Crippen LogP contribution in [0, 0.1) is 6.92 Å². The molecule has 0 aliphatic heterocycles. The summed E-state index contributed by atoms with van der Waals surface area (Å²) in [6.45, 7) is 8.60. The van der Waals surface area contributed by atoms with Crippen molar-refractivity contribution in [3.63, 3.8) is 0 Å². The topological polar surface area (TPSA) is 88.3 Å². The van der Waals surface area contributed by atoms with Crippen LogP contribution in [-0.4, -0.2) is 48.8 Å². The number of benzene rings is 2. The maximum Gasteiger partial charge on any atom is 0.245 e. The maximum atomic E-state index is 12.9. The quantitative estimate of drug-likeness (QED) is 0.351. The van der Waals surface area contributed by atoms with Crippen molar-refractivity contribution in [3.05, 3.63) is 70.6 Å². The van der Waals surface area contributed by atoms with Gasteiger partial charge < -0.3 is 9.42 Å². The first kappa shape index (κ1) is 26.3. The van der Waals surface area contributed by atoms with E-state index in [4.69, 9.17) is 16.1 Å². The summed E-state index contributed by atoms with van der Waals surface area (Å²) in [5.74, 6) is 0.622. The highest BCUT2D eigenvalue weighted by molar-refractivity contribution is 7.89. The number of nitrogens with zero attached hydrogens (tertiary/aromatic N) is 3. The molecule has 0 aliphatic rings. The molecule has 1 heterocycles. The normalized spacial score (nSPS) is 12.9. The third-order valence-corrected chi connectivity index (χ3v) is 7.64. The summed E-state index contributed by atoms with van der Waals surface area (Å²) in [4.78, 5) is 6.74. The molecule has 1 N–H and O–H groups in total. The van der Waals surface area contributed by atoms with E-state index in [1.165, 1.54) is 0 Å². The molecule has 7 nitrogen and oxygen atoms in total. The number of aromatic nitrogens is 2. The van der Waals surface area contributed by atoms with Gasteiger partial charge in [0.15, 0.2) is 0 Å². The summed E-state index contributed by atoms with van der Waals surface area (Å²) in [5, 5.41) is 4.63. The second-order valence-corrected chi connectivity index (χ2v) is 10.6. The number of hydrogen-bond acceptors (Lipinski definition) is 6. The predicted octanol–water partition coefficient (Wildman–Crippen LogP) is 5.02. The van der Waals surface area contributed by atoms with E-state index in [0.717, 1.165) is 30.8 Å². The highest BCUT2D eigenvalue weighted by atomic mass is 35.5. The molecular weight excluding hydrogens is 472 g/mol. The predicted molar refractivity (Wildman–Crippen MR) is 136 cm³/mol. The smallest absolute Gasteiger partial charge is 0.245 e. The minimum absolute atomic E-state index is 0.0377. The Morgan fingerprint density at radius 1 is 1.09 bits per heavy atom. The molecule has 0 radical (unpaired) electrons. The molecule has 0 saturated carbocycles. The minimum Gasteiger partial charge on any atom is -0.337 e. The Labute approximate surface area is 207 Å². The van der Waals surface area contributed by atoms with E-state index >= 15 is 0 Å². The van der Waals surface area contributed by atoms with Crippen LogP contribution in [0.15, 0.2) is 53.1 Å². The minimum atomic E-state index is -3.55. The Morgan fingerprint density at radius 3 is 2.50 bits per heavy atom. The number of rotatable bonds is 13. The van der Waals surface area contributed by atoms with Crippen molar-refractivity contribution in [1.82, 2.24) is 19.8 Å². The lowest BCUT2D eigenvalue weighted by atomic mass is 10.1. The highest BCUT2D eigenvalue weighted by Crippen LogP contribution is 2.30. The van der Waals surface area contributed by atoms with E-state index in [0.29, 0.717) is 35.7 Å². The van der Waals surface area contributed by atoms with Gasteiger partial charge in [-0.2, -0.15) is 4.98 Å². The van der Waals surface area contributed by atoms with Crippen LogP contribution in [0.3, 0.4) is 0 Å². The molecular formula is C25H33ClN4O3S. The van der Waals surface area contributed by atoms with Gasteiger partial charge in [-0.1, -0.05) is 73.1 Å². The largest absolute Gasteiger partial charge is 0.337 e. The van der Waals surface area contributed by atoms with E-state index in [9.17, 15) is 8.42 Å². The Balaban J connectivity index is 1.79. The molecule has 3 rings (SSSR count). The Kier molecular flexibility index (Phi) is 9.64. The molecule has 9 heteroatoms. The number of halogens is 1. The van der Waals surface area contributed by atoms with Crippen molar-refractivity contribution < 1.29 is 12.9 Å². The number of nitrogens with one attached hydrogen (secondary N) is 1. The second-order valence-electron chi connectivity index (χ2n) is 8.28. The van der Waals surface area contributed by atoms with Crippen molar-refractivity contribution >= 4 is 21.6 Å². The molecule has 1 aromatic heterocycles. The zero-order valence-electron chi connectivity index (χ0n) is 20.0. The van der Waals surface area contributed by atoms with E-state index < -0.39 is 16.1 Å². The molecule has 1 atom stereocenters. The van der Waals surface area contributed by atoms with Crippen LogP contribution in [0.1, 0.15) is 49.7 Å². The lowest BCUT2D eigenvalue weighted by molar-refractivity contribution is 0.304. The van der Waals surface area contributed by atoms with Gasteiger partial charge in [0.25, 0.3) is 0 Å². The van der Waals surface area contributed by atoms with Crippen LogP contribution in [0.25, 0.3) is 11.4 Å². The average molecular weight is 505 g/mol. The second kappa shape index (κ2) is 12.4. The molecule has 0 unspecified atom stereocenters. The summed E-state index contributed by atoms with van der Waals surface area (Å²) in [6.07, 6.45) is 1.70. The zero-order chi connectivity index (χ0) is 24.6. The van der Waals surface area contributed by atoms with Gasteiger partial charge >= 0.3 is 0 Å². The fraction of sp³-hybridized carbons (Fsp3) is 0.440. The van der Waals surface area contributed by atoms with Crippen LogP contribution >= 0.6 is 11.6 Å². The fourth-order valence-corrected chi connectivity index (χ4v) is 5.46. The lowest BCUT2D eigenvalue weighted by Gasteiger charge is -2.19. The molecule has 0 fully saturated rings. The summed E-state index contributed by atoms with van der Waals surface area (Å²) in [7, 11) is -3.55. The van der Waals surface area contributed by atoms with Gasteiger partial charge in [0.05, 0.1) is 10.8 Å². The van der Waals surface area contributed by atoms with Crippen LogP contribution in [-0.2, 0) is 16.4 Å². The first-order valence-corrected chi connectivity index (χ1v) is 13.7. The van der Waals surface area contributed by atoms with Crippen molar-refractivity contribution in [3.8, 4) is 11.4 Å². The van der Waals surface area contributed by atoms with Gasteiger partial charge in [0, 0.05) is 5.56 Å². The summed E-state index contributed by atoms with van der Waals surface area (Å²) in [6, 6.07) is 14.8. The number of sulfonamides is 1. The molecule has 0 saturated heterocycles. The zero-order valence-corrected chi connectivity index (χ0v) is 21.6. The third kappa shape index (κ3) is 7.37. The van der Waals surface area contributed by atoms with E-state index in [-0.39, 0.29) is 11.6 Å². The fourth-order valence-electron chi connectivity index (χ4n) is 3.88. The van der Waals surface area contributed by atoms with Gasteiger partial charge in [-0.05, 0) is 63.0 Å². The van der Waals surface area contributed by atoms with Crippen LogP contribution in [0.4, 0.5) is 0 Å². The number of hydrogen-bond donors (Lipinski definition) is 1. The summed E-state index contributed by atoms with van der Waals surface area (Å²) in [5.41, 5.74) is 2.70. The first-order valence-electron chi connectivity index (χ1n) is 11.7. The Bertz CT molecular complexity index is 1130. The van der Waals surface area contributed by atoms with Crippen molar-refractivity contribution in [2.45, 2.75) is 46.1 Å². The molecule has 0 amide bonds. The molecule has 2 aromatic carbocycles. The van der Waals surface area contributed by atoms with E-state index in [2.05, 4.69) is 33.6 Å². The highest BCUT2D eigenvalue weighted by Gasteiger charge is 2.26. The van der Waals surface area contributed by atoms with Gasteiger partial charge in [0.2, 0.25) is 21.7 Å². The molecule has 34 heavy (non-hydrogen) atoms. The molecule has 0 aliphatic carbocycles. The van der Waals surface area contributed by atoms with Crippen LogP contribution < -0.4 is 4.72 Å². The molecule has 0 spiro atoms. The Morgan fingerprint density at radius 2 is 1.82 bits per heavy atom. The third-order valence-electron chi connectivity index (χ3n) is 5.85. The van der Waals surface area contributed by atoms with Gasteiger partial charge in [-0.3, -0.25) is 0 Å². The molecule has 0 bridgehead atoms. The van der Waals surface area contributed by atoms with Crippen LogP contribution in [0.5, 0.6) is 0 Å². The SMILES string of the molecule is CCN(CC)CCCS(=O)(=O)N[C@H](CCc1ccccc1)c1nc(-c2c(C)cccc2Cl)no1. The molecule has 3 aromatic rings. The van der Waals surface area contributed by atoms with E-state index in [1.807, 2.05) is 49.4 Å². The van der Waals surface area contributed by atoms with Crippen molar-refractivity contribution in [1.29, 1.82) is 0 Å². The standard InChI is InChI=1S/C25H33ClN4O3S/c1-4-30(5-2)17-10-18-34(31,32)29-22(16-15-20-12-7-6-8-13-20)25-27-24(28-33-25)23-19(3)11-9-14-21(23)26/h6-9,11-14,22,29H,4-5,10,15-18H2,1-3H3/t22-/m1/s1. The average Bonchev–Trinajstić information content (AvgIpc) is 3.30. The van der Waals surface area contributed by atoms with Crippen molar-refractivity contribution in [2.75, 3.05) is 25.4 Å². The molecule has 184 valence electrons. The van der Waals surface area contributed by atoms with Gasteiger partial charge in [-0.15, -0.1) is 0 Å². The van der Waals surface area contributed by atoms with Gasteiger partial charge in [0.1, 0.15) is 6.04 Å². The maximum absolute atomic E-state index is 12.9. The van der Waals surface area contributed by atoms with Crippen molar-refractivity contribution in [2.24, 2.45) is 0 Å². The summed E-state index contributed by atoms with van der Waals surface area (Å²) >= 11 is 6.37. The number of aryl methyl sites for hydroxylation is 2. The van der Waals surface area contributed by atoms with Crippen LogP contribution in [0.2, 0.25) is 5.02 Å². The Hall–Kier alpha value is -2.26. The summed E-state index contributed by atoms with van der Waals surface area (Å²) < 4.78 is 34.2. The van der Waals surface area contributed by atoms with E-state index in [1.54, 1.807) is 6.07 Å².